The van der Waals surface area contributed by atoms with E-state index in [1.807, 2.05) is 32.9 Å². The van der Waals surface area contributed by atoms with E-state index in [4.69, 9.17) is 9.15 Å². The third kappa shape index (κ3) is 6.58. The first kappa shape index (κ1) is 19.5. The molecule has 7 heteroatoms. The number of hydrogen-bond acceptors (Lipinski definition) is 5. The Hall–Kier alpha value is -2.83. The average Bonchev–Trinajstić information content (AvgIpc) is 3.11. The Morgan fingerprint density at radius 1 is 1.27 bits per heavy atom. The number of rotatable bonds is 7. The van der Waals surface area contributed by atoms with Gasteiger partial charge in [0.05, 0.1) is 12.8 Å². The average molecular weight is 359 g/mol. The molecule has 0 spiro atoms. The minimum Gasteiger partial charge on any atom is -0.459 e. The molecular weight excluding hydrogens is 334 g/mol. The van der Waals surface area contributed by atoms with Gasteiger partial charge in [-0.15, -0.1) is 0 Å². The van der Waals surface area contributed by atoms with Crippen molar-refractivity contribution in [3.05, 3.63) is 54.2 Å². The van der Waals surface area contributed by atoms with Gasteiger partial charge >= 0.3 is 6.09 Å². The molecule has 0 radical (unpaired) electrons. The quantitative estimate of drug-likeness (QED) is 0.767. The fourth-order valence-electron chi connectivity index (χ4n) is 2.24. The predicted molar refractivity (Wildman–Crippen MR) is 96.5 cm³/mol. The summed E-state index contributed by atoms with van der Waals surface area (Å²) in [5.74, 6) is -0.00423. The van der Waals surface area contributed by atoms with E-state index in [2.05, 4.69) is 10.3 Å². The fourth-order valence-corrected chi connectivity index (χ4v) is 2.24. The van der Waals surface area contributed by atoms with Gasteiger partial charge in [0, 0.05) is 25.5 Å². The molecule has 0 aliphatic rings. The number of nitrogens with one attached hydrogen (secondary N) is 1. The van der Waals surface area contributed by atoms with Gasteiger partial charge in [-0.05, 0) is 51.0 Å². The number of amides is 2. The maximum absolute atomic E-state index is 12.5. The maximum atomic E-state index is 12.5. The molecule has 1 N–H and O–H groups in total. The van der Waals surface area contributed by atoms with Crippen molar-refractivity contribution >= 4 is 12.0 Å². The smallest absolute Gasteiger partial charge is 0.410 e. The molecule has 0 aliphatic carbocycles. The van der Waals surface area contributed by atoms with Gasteiger partial charge in [-0.25, -0.2) is 4.79 Å². The van der Waals surface area contributed by atoms with Crippen molar-refractivity contribution in [2.45, 2.75) is 39.3 Å². The number of ether oxygens (including phenoxy) is 1. The summed E-state index contributed by atoms with van der Waals surface area (Å²) < 4.78 is 10.5. The van der Waals surface area contributed by atoms with E-state index in [1.165, 1.54) is 6.26 Å². The molecule has 2 aromatic heterocycles. The fraction of sp³-hybridized carbons (Fsp3) is 0.421. The van der Waals surface area contributed by atoms with Crippen molar-refractivity contribution in [1.82, 2.24) is 15.2 Å². The van der Waals surface area contributed by atoms with Crippen LogP contribution >= 0.6 is 0 Å². The van der Waals surface area contributed by atoms with Crippen molar-refractivity contribution in [1.29, 1.82) is 0 Å². The highest BCUT2D eigenvalue weighted by atomic mass is 16.6. The molecule has 0 saturated heterocycles. The molecule has 26 heavy (non-hydrogen) atoms. The van der Waals surface area contributed by atoms with Crippen LogP contribution in [0.1, 0.15) is 43.3 Å². The maximum Gasteiger partial charge on any atom is 0.410 e. The van der Waals surface area contributed by atoms with Gasteiger partial charge in [-0.2, -0.15) is 0 Å². The summed E-state index contributed by atoms with van der Waals surface area (Å²) in [7, 11) is 0. The lowest BCUT2D eigenvalue weighted by atomic mass is 10.2. The van der Waals surface area contributed by atoms with Crippen LogP contribution in [0.5, 0.6) is 0 Å². The van der Waals surface area contributed by atoms with Gasteiger partial charge < -0.3 is 19.4 Å². The highest BCUT2D eigenvalue weighted by Gasteiger charge is 2.22. The molecule has 0 fully saturated rings. The number of carbonyl (C=O) groups is 2. The lowest BCUT2D eigenvalue weighted by Gasteiger charge is -2.27. The highest BCUT2D eigenvalue weighted by Crippen LogP contribution is 2.13. The van der Waals surface area contributed by atoms with Gasteiger partial charge in [0.1, 0.15) is 5.60 Å². The Balaban J connectivity index is 1.88. The van der Waals surface area contributed by atoms with E-state index in [1.54, 1.807) is 29.4 Å². The third-order valence-corrected chi connectivity index (χ3v) is 3.38. The summed E-state index contributed by atoms with van der Waals surface area (Å²) in [4.78, 5) is 30.0. The molecule has 0 aromatic carbocycles. The van der Waals surface area contributed by atoms with Gasteiger partial charge in [-0.1, -0.05) is 6.07 Å². The Morgan fingerprint density at radius 3 is 2.69 bits per heavy atom. The van der Waals surface area contributed by atoms with Crippen LogP contribution in [0.2, 0.25) is 0 Å². The number of hydrogen-bond donors (Lipinski definition) is 1. The minimum absolute atomic E-state index is 0.268. The van der Waals surface area contributed by atoms with E-state index in [0.717, 1.165) is 5.56 Å². The van der Waals surface area contributed by atoms with Gasteiger partial charge in [-0.3, -0.25) is 9.78 Å². The van der Waals surface area contributed by atoms with Crippen LogP contribution in [0.15, 0.2) is 47.3 Å². The number of carbonyl (C=O) groups excluding carboxylic acids is 2. The summed E-state index contributed by atoms with van der Waals surface area (Å²) in [5.41, 5.74) is 0.343. The molecule has 0 aliphatic heterocycles. The summed E-state index contributed by atoms with van der Waals surface area (Å²) in [5, 5.41) is 2.77. The van der Waals surface area contributed by atoms with E-state index < -0.39 is 11.7 Å². The highest BCUT2D eigenvalue weighted by molar-refractivity contribution is 5.91. The summed E-state index contributed by atoms with van der Waals surface area (Å²) in [6, 6.07) is 6.99. The zero-order valence-corrected chi connectivity index (χ0v) is 15.4. The molecule has 7 nitrogen and oxygen atoms in total. The largest absolute Gasteiger partial charge is 0.459 e. The lowest BCUT2D eigenvalue weighted by molar-refractivity contribution is 0.0232. The zero-order chi connectivity index (χ0) is 19.0. The summed E-state index contributed by atoms with van der Waals surface area (Å²) in [6.07, 6.45) is 5.05. The lowest BCUT2D eigenvalue weighted by Crippen LogP contribution is -2.38. The summed E-state index contributed by atoms with van der Waals surface area (Å²) >= 11 is 0. The Kier molecular flexibility index (Phi) is 6.77. The first-order chi connectivity index (χ1) is 12.3. The zero-order valence-electron chi connectivity index (χ0n) is 15.4. The van der Waals surface area contributed by atoms with Crippen molar-refractivity contribution < 1.29 is 18.7 Å². The van der Waals surface area contributed by atoms with Crippen LogP contribution in [0, 0.1) is 0 Å². The van der Waals surface area contributed by atoms with Crippen LogP contribution < -0.4 is 5.32 Å². The van der Waals surface area contributed by atoms with Crippen molar-refractivity contribution in [2.24, 2.45) is 0 Å². The Labute approximate surface area is 153 Å². The molecule has 140 valence electrons. The van der Waals surface area contributed by atoms with E-state index in [9.17, 15) is 9.59 Å². The second-order valence-electron chi connectivity index (χ2n) is 6.85. The second-order valence-corrected chi connectivity index (χ2v) is 6.85. The third-order valence-electron chi connectivity index (χ3n) is 3.38. The van der Waals surface area contributed by atoms with Gasteiger partial charge in [0.15, 0.2) is 5.76 Å². The molecule has 0 atom stereocenters. The van der Waals surface area contributed by atoms with Crippen LogP contribution in [-0.4, -0.2) is 40.6 Å². The van der Waals surface area contributed by atoms with Crippen LogP contribution in [0.3, 0.4) is 0 Å². The minimum atomic E-state index is -0.572. The molecule has 2 aromatic rings. The van der Waals surface area contributed by atoms with E-state index in [-0.39, 0.29) is 11.7 Å². The predicted octanol–water partition coefficient (Wildman–Crippen LogP) is 3.23. The normalized spacial score (nSPS) is 11.0. The standard InChI is InChI=1S/C19H25N3O4/c1-19(2,3)26-18(24)22(14-15-7-4-9-20-13-15)11-6-10-21-17(23)16-8-5-12-25-16/h4-5,7-9,12-13H,6,10-11,14H2,1-3H3,(H,21,23). The first-order valence-corrected chi connectivity index (χ1v) is 8.54. The molecule has 0 unspecified atom stereocenters. The van der Waals surface area contributed by atoms with Crippen molar-refractivity contribution in [3.8, 4) is 0 Å². The number of aromatic nitrogens is 1. The SMILES string of the molecule is CC(C)(C)OC(=O)N(CCCNC(=O)c1ccco1)Cc1cccnc1. The molecule has 2 amide bonds. The topological polar surface area (TPSA) is 84.7 Å². The number of nitrogens with zero attached hydrogens (tertiary/aromatic N) is 2. The number of furan rings is 1. The number of pyridine rings is 1. The van der Waals surface area contributed by atoms with E-state index >= 15 is 0 Å². The monoisotopic (exact) mass is 359 g/mol. The van der Waals surface area contributed by atoms with Gasteiger partial charge in [0.25, 0.3) is 5.91 Å². The summed E-state index contributed by atoms with van der Waals surface area (Å²) in [6.45, 7) is 6.76. The first-order valence-electron chi connectivity index (χ1n) is 8.54. The van der Waals surface area contributed by atoms with Crippen LogP contribution in [0.4, 0.5) is 4.79 Å². The molecule has 2 rings (SSSR count). The van der Waals surface area contributed by atoms with Crippen molar-refractivity contribution in [3.63, 3.8) is 0 Å². The van der Waals surface area contributed by atoms with Crippen LogP contribution in [-0.2, 0) is 11.3 Å². The second kappa shape index (κ2) is 9.03. The molecule has 2 heterocycles. The molecule has 0 bridgehead atoms. The molecular formula is C19H25N3O4. The molecule has 0 saturated carbocycles. The van der Waals surface area contributed by atoms with Crippen LogP contribution in [0.25, 0.3) is 0 Å². The van der Waals surface area contributed by atoms with Crippen molar-refractivity contribution in [2.75, 3.05) is 13.1 Å². The van der Waals surface area contributed by atoms with Gasteiger partial charge in [0.2, 0.25) is 0 Å². The van der Waals surface area contributed by atoms with E-state index in [0.29, 0.717) is 26.1 Å². The Morgan fingerprint density at radius 2 is 2.08 bits per heavy atom. The Bertz CT molecular complexity index is 693.